The SMILES string of the molecule is CC(NS(=O)(=O)c1ccccc1)c1cccnc1. The molecule has 0 aliphatic heterocycles. The molecule has 5 heteroatoms. The van der Waals surface area contributed by atoms with E-state index in [1.165, 1.54) is 0 Å². The van der Waals surface area contributed by atoms with Crippen LogP contribution >= 0.6 is 0 Å². The first kappa shape index (κ1) is 12.7. The highest BCUT2D eigenvalue weighted by atomic mass is 32.2. The number of hydrogen-bond donors (Lipinski definition) is 1. The van der Waals surface area contributed by atoms with E-state index in [-0.39, 0.29) is 10.9 Å². The van der Waals surface area contributed by atoms with Crippen molar-refractivity contribution in [1.29, 1.82) is 0 Å². The molecule has 0 saturated heterocycles. The highest BCUT2D eigenvalue weighted by Gasteiger charge is 2.17. The van der Waals surface area contributed by atoms with Crippen molar-refractivity contribution in [2.24, 2.45) is 0 Å². The summed E-state index contributed by atoms with van der Waals surface area (Å²) in [5.41, 5.74) is 0.831. The van der Waals surface area contributed by atoms with Gasteiger partial charge >= 0.3 is 0 Å². The largest absolute Gasteiger partial charge is 0.264 e. The van der Waals surface area contributed by atoms with E-state index in [4.69, 9.17) is 0 Å². The molecule has 94 valence electrons. The second-order valence-electron chi connectivity index (χ2n) is 3.94. The summed E-state index contributed by atoms with van der Waals surface area (Å²) in [4.78, 5) is 4.24. The number of aromatic nitrogens is 1. The lowest BCUT2D eigenvalue weighted by molar-refractivity contribution is 0.566. The van der Waals surface area contributed by atoms with Gasteiger partial charge in [0, 0.05) is 18.4 Å². The molecule has 0 aliphatic carbocycles. The molecule has 0 aliphatic rings. The van der Waals surface area contributed by atoms with Crippen molar-refractivity contribution in [1.82, 2.24) is 9.71 Å². The normalized spacial score (nSPS) is 13.2. The van der Waals surface area contributed by atoms with E-state index >= 15 is 0 Å². The Bertz CT molecular complexity index is 597. The minimum absolute atomic E-state index is 0.265. The summed E-state index contributed by atoms with van der Waals surface area (Å²) in [6.45, 7) is 1.79. The number of hydrogen-bond acceptors (Lipinski definition) is 3. The Labute approximate surface area is 107 Å². The summed E-state index contributed by atoms with van der Waals surface area (Å²) in [6, 6.07) is 11.6. The average Bonchev–Trinajstić information content (AvgIpc) is 2.40. The predicted octanol–water partition coefficient (Wildman–Crippen LogP) is 2.12. The van der Waals surface area contributed by atoms with Gasteiger partial charge in [0.1, 0.15) is 0 Å². The van der Waals surface area contributed by atoms with E-state index < -0.39 is 10.0 Å². The van der Waals surface area contributed by atoms with E-state index in [0.29, 0.717) is 0 Å². The zero-order chi connectivity index (χ0) is 13.0. The Hall–Kier alpha value is -1.72. The van der Waals surface area contributed by atoms with Crippen LogP contribution in [0.2, 0.25) is 0 Å². The first-order valence-electron chi connectivity index (χ1n) is 5.57. The van der Waals surface area contributed by atoms with Crippen molar-refractivity contribution >= 4 is 10.0 Å². The van der Waals surface area contributed by atoms with Gasteiger partial charge in [-0.15, -0.1) is 0 Å². The molecule has 1 heterocycles. The van der Waals surface area contributed by atoms with Crippen molar-refractivity contribution in [3.8, 4) is 0 Å². The van der Waals surface area contributed by atoms with E-state index in [1.54, 1.807) is 55.7 Å². The topological polar surface area (TPSA) is 59.1 Å². The molecule has 0 spiro atoms. The van der Waals surface area contributed by atoms with Crippen molar-refractivity contribution in [3.63, 3.8) is 0 Å². The molecule has 1 aromatic heterocycles. The van der Waals surface area contributed by atoms with Crippen molar-refractivity contribution in [2.45, 2.75) is 17.9 Å². The lowest BCUT2D eigenvalue weighted by Crippen LogP contribution is -2.26. The summed E-state index contributed by atoms with van der Waals surface area (Å²) in [6.07, 6.45) is 3.31. The molecule has 18 heavy (non-hydrogen) atoms. The molecule has 2 rings (SSSR count). The lowest BCUT2D eigenvalue weighted by atomic mass is 10.2. The van der Waals surface area contributed by atoms with Crippen LogP contribution < -0.4 is 4.72 Å². The van der Waals surface area contributed by atoms with Crippen LogP contribution in [0.1, 0.15) is 18.5 Å². The Morgan fingerprint density at radius 2 is 1.83 bits per heavy atom. The van der Waals surface area contributed by atoms with Crippen molar-refractivity contribution in [2.75, 3.05) is 0 Å². The molecular formula is C13H14N2O2S. The van der Waals surface area contributed by atoms with E-state index in [0.717, 1.165) is 5.56 Å². The number of sulfonamides is 1. The fourth-order valence-corrected chi connectivity index (χ4v) is 2.85. The second-order valence-corrected chi connectivity index (χ2v) is 5.66. The number of benzene rings is 1. The summed E-state index contributed by atoms with van der Waals surface area (Å²) in [7, 11) is -3.49. The van der Waals surface area contributed by atoms with E-state index in [1.807, 2.05) is 6.07 Å². The van der Waals surface area contributed by atoms with Gasteiger partial charge in [0.15, 0.2) is 0 Å². The quantitative estimate of drug-likeness (QED) is 0.918. The molecular weight excluding hydrogens is 248 g/mol. The van der Waals surface area contributed by atoms with Crippen LogP contribution in [0.4, 0.5) is 0 Å². The smallest absolute Gasteiger partial charge is 0.241 e. The van der Waals surface area contributed by atoms with E-state index in [2.05, 4.69) is 9.71 Å². The van der Waals surface area contributed by atoms with Gasteiger partial charge in [-0.05, 0) is 30.7 Å². The molecule has 1 atom stereocenters. The minimum atomic E-state index is -3.49. The third kappa shape index (κ3) is 2.94. The number of rotatable bonds is 4. The van der Waals surface area contributed by atoms with Crippen LogP contribution in [0, 0.1) is 0 Å². The second kappa shape index (κ2) is 5.29. The van der Waals surface area contributed by atoms with Crippen LogP contribution in [0.5, 0.6) is 0 Å². The molecule has 0 saturated carbocycles. The zero-order valence-corrected chi connectivity index (χ0v) is 10.8. The monoisotopic (exact) mass is 262 g/mol. The molecule has 0 amide bonds. The number of nitrogens with zero attached hydrogens (tertiary/aromatic N) is 1. The molecule has 1 aromatic carbocycles. The maximum Gasteiger partial charge on any atom is 0.241 e. The van der Waals surface area contributed by atoms with Gasteiger partial charge in [-0.1, -0.05) is 24.3 Å². The Kier molecular flexibility index (Phi) is 3.74. The van der Waals surface area contributed by atoms with Gasteiger partial charge in [0.25, 0.3) is 0 Å². The van der Waals surface area contributed by atoms with Crippen LogP contribution in [-0.4, -0.2) is 13.4 Å². The molecule has 4 nitrogen and oxygen atoms in total. The first-order valence-corrected chi connectivity index (χ1v) is 7.05. The van der Waals surface area contributed by atoms with Gasteiger partial charge in [-0.2, -0.15) is 0 Å². The molecule has 1 unspecified atom stereocenters. The Morgan fingerprint density at radius 1 is 1.11 bits per heavy atom. The van der Waals surface area contributed by atoms with Gasteiger partial charge in [0.2, 0.25) is 10.0 Å². The summed E-state index contributed by atoms with van der Waals surface area (Å²) in [5, 5.41) is 0. The summed E-state index contributed by atoms with van der Waals surface area (Å²) < 4.78 is 26.8. The van der Waals surface area contributed by atoms with Crippen molar-refractivity contribution < 1.29 is 8.42 Å². The van der Waals surface area contributed by atoms with Gasteiger partial charge in [0.05, 0.1) is 4.90 Å². The van der Waals surface area contributed by atoms with Crippen molar-refractivity contribution in [3.05, 3.63) is 60.4 Å². The number of nitrogens with one attached hydrogen (secondary N) is 1. The average molecular weight is 262 g/mol. The fraction of sp³-hybridized carbons (Fsp3) is 0.154. The van der Waals surface area contributed by atoms with Crippen LogP contribution in [-0.2, 0) is 10.0 Å². The maximum absolute atomic E-state index is 12.1. The van der Waals surface area contributed by atoms with Gasteiger partial charge in [-0.25, -0.2) is 13.1 Å². The van der Waals surface area contributed by atoms with Crippen LogP contribution in [0.15, 0.2) is 59.8 Å². The van der Waals surface area contributed by atoms with Crippen LogP contribution in [0.3, 0.4) is 0 Å². The summed E-state index contributed by atoms with van der Waals surface area (Å²) >= 11 is 0. The van der Waals surface area contributed by atoms with Gasteiger partial charge in [-0.3, -0.25) is 4.98 Å². The van der Waals surface area contributed by atoms with E-state index in [9.17, 15) is 8.42 Å². The third-order valence-electron chi connectivity index (χ3n) is 2.57. The lowest BCUT2D eigenvalue weighted by Gasteiger charge is -2.14. The molecule has 0 radical (unpaired) electrons. The molecule has 2 aromatic rings. The Balaban J connectivity index is 2.20. The first-order chi connectivity index (χ1) is 8.59. The zero-order valence-electron chi connectivity index (χ0n) is 9.95. The minimum Gasteiger partial charge on any atom is -0.264 e. The van der Waals surface area contributed by atoms with Gasteiger partial charge < -0.3 is 0 Å². The molecule has 0 fully saturated rings. The Morgan fingerprint density at radius 3 is 2.44 bits per heavy atom. The third-order valence-corrected chi connectivity index (χ3v) is 4.13. The summed E-state index contributed by atoms with van der Waals surface area (Å²) in [5.74, 6) is 0. The highest BCUT2D eigenvalue weighted by Crippen LogP contribution is 2.15. The molecule has 0 bridgehead atoms. The standard InChI is InChI=1S/C13H14N2O2S/c1-11(12-6-5-9-14-10-12)15-18(16,17)13-7-3-2-4-8-13/h2-11,15H,1H3. The highest BCUT2D eigenvalue weighted by molar-refractivity contribution is 7.89. The number of pyridine rings is 1. The maximum atomic E-state index is 12.1. The molecule has 1 N–H and O–H groups in total. The fourth-order valence-electron chi connectivity index (χ4n) is 1.60. The van der Waals surface area contributed by atoms with Crippen LogP contribution in [0.25, 0.3) is 0 Å². The predicted molar refractivity (Wildman–Crippen MR) is 69.4 cm³/mol.